The first-order valence-corrected chi connectivity index (χ1v) is 11.2. The molecule has 28 heavy (non-hydrogen) atoms. The molecule has 2 fully saturated rings. The number of carbonyl (C=O) groups is 1. The Morgan fingerprint density at radius 1 is 1.14 bits per heavy atom. The van der Waals surface area contributed by atoms with Gasteiger partial charge in [0.2, 0.25) is 11.1 Å². The summed E-state index contributed by atoms with van der Waals surface area (Å²) in [5, 5.41) is 16.1. The standard InChI is InChI=1S/C20H28N6OS/c27-19(15-28-20-22-23-24-26(20)18-9-5-2-6-10-18)21-17-11-12-25(14-17)13-16-7-3-1-4-8-16/h1,3-4,7-8,17-18H,2,5-6,9-15H2,(H,21,27). The van der Waals surface area contributed by atoms with Crippen molar-refractivity contribution in [3.8, 4) is 0 Å². The van der Waals surface area contributed by atoms with Crippen LogP contribution in [0.3, 0.4) is 0 Å². The van der Waals surface area contributed by atoms with E-state index in [9.17, 15) is 4.79 Å². The molecule has 4 rings (SSSR count). The Hall–Kier alpha value is -1.93. The molecule has 1 aliphatic carbocycles. The average molecular weight is 401 g/mol. The molecule has 0 bridgehead atoms. The van der Waals surface area contributed by atoms with Gasteiger partial charge in [-0.15, -0.1) is 5.10 Å². The number of hydrogen-bond donors (Lipinski definition) is 1. The molecule has 7 nitrogen and oxygen atoms in total. The summed E-state index contributed by atoms with van der Waals surface area (Å²) in [4.78, 5) is 14.8. The molecule has 1 aromatic carbocycles. The lowest BCUT2D eigenvalue weighted by Crippen LogP contribution is -2.38. The molecule has 1 N–H and O–H groups in total. The molecule has 1 amide bonds. The van der Waals surface area contributed by atoms with E-state index in [4.69, 9.17) is 0 Å². The highest BCUT2D eigenvalue weighted by Crippen LogP contribution is 2.30. The number of carbonyl (C=O) groups excluding carboxylic acids is 1. The van der Waals surface area contributed by atoms with Gasteiger partial charge in [0, 0.05) is 25.7 Å². The van der Waals surface area contributed by atoms with E-state index in [1.165, 1.54) is 36.6 Å². The second-order valence-corrected chi connectivity index (χ2v) is 8.70. The topological polar surface area (TPSA) is 75.9 Å². The van der Waals surface area contributed by atoms with Crippen LogP contribution >= 0.6 is 11.8 Å². The van der Waals surface area contributed by atoms with Crippen molar-refractivity contribution in [3.05, 3.63) is 35.9 Å². The molecular weight excluding hydrogens is 372 g/mol. The number of thioether (sulfide) groups is 1. The van der Waals surface area contributed by atoms with Gasteiger partial charge in [0.15, 0.2) is 0 Å². The monoisotopic (exact) mass is 400 g/mol. The molecular formula is C20H28N6OS. The van der Waals surface area contributed by atoms with Crippen molar-refractivity contribution in [1.29, 1.82) is 0 Å². The number of likely N-dealkylation sites (tertiary alicyclic amines) is 1. The maximum Gasteiger partial charge on any atom is 0.230 e. The van der Waals surface area contributed by atoms with E-state index in [1.54, 1.807) is 0 Å². The van der Waals surface area contributed by atoms with Gasteiger partial charge in [-0.2, -0.15) is 0 Å². The van der Waals surface area contributed by atoms with Crippen molar-refractivity contribution >= 4 is 17.7 Å². The second-order valence-electron chi connectivity index (χ2n) is 7.76. The summed E-state index contributed by atoms with van der Waals surface area (Å²) < 4.78 is 1.92. The Balaban J connectivity index is 1.22. The molecule has 1 unspecified atom stereocenters. The third-order valence-corrected chi connectivity index (χ3v) is 6.54. The van der Waals surface area contributed by atoms with E-state index < -0.39 is 0 Å². The fourth-order valence-corrected chi connectivity index (χ4v) is 4.93. The Morgan fingerprint density at radius 3 is 2.79 bits per heavy atom. The highest BCUT2D eigenvalue weighted by molar-refractivity contribution is 7.99. The van der Waals surface area contributed by atoms with E-state index in [0.717, 1.165) is 44.1 Å². The summed E-state index contributed by atoms with van der Waals surface area (Å²) in [6.07, 6.45) is 7.02. The van der Waals surface area contributed by atoms with Gasteiger partial charge in [-0.1, -0.05) is 61.4 Å². The number of aromatic nitrogens is 4. The predicted molar refractivity (Wildman–Crippen MR) is 109 cm³/mol. The maximum absolute atomic E-state index is 12.4. The smallest absolute Gasteiger partial charge is 0.230 e. The van der Waals surface area contributed by atoms with Gasteiger partial charge in [-0.3, -0.25) is 9.69 Å². The van der Waals surface area contributed by atoms with Crippen LogP contribution in [-0.4, -0.2) is 55.9 Å². The second kappa shape index (κ2) is 9.52. The van der Waals surface area contributed by atoms with E-state index in [-0.39, 0.29) is 11.9 Å². The van der Waals surface area contributed by atoms with E-state index >= 15 is 0 Å². The van der Waals surface area contributed by atoms with Gasteiger partial charge in [0.1, 0.15) is 0 Å². The fraction of sp³-hybridized carbons (Fsp3) is 0.600. The zero-order valence-corrected chi connectivity index (χ0v) is 17.0. The Bertz CT molecular complexity index is 761. The molecule has 2 heterocycles. The Morgan fingerprint density at radius 2 is 1.96 bits per heavy atom. The fourth-order valence-electron chi connectivity index (χ4n) is 4.17. The van der Waals surface area contributed by atoms with Crippen molar-refractivity contribution in [3.63, 3.8) is 0 Å². The molecule has 150 valence electrons. The minimum absolute atomic E-state index is 0.0646. The summed E-state index contributed by atoms with van der Waals surface area (Å²) in [7, 11) is 0. The molecule has 0 radical (unpaired) electrons. The zero-order valence-electron chi connectivity index (χ0n) is 16.2. The van der Waals surface area contributed by atoms with Gasteiger partial charge in [-0.25, -0.2) is 4.68 Å². The summed E-state index contributed by atoms with van der Waals surface area (Å²) in [6, 6.07) is 11.1. The minimum Gasteiger partial charge on any atom is -0.351 e. The normalized spacial score (nSPS) is 21.1. The molecule has 2 aliphatic rings. The molecule has 1 saturated heterocycles. The quantitative estimate of drug-likeness (QED) is 0.720. The van der Waals surface area contributed by atoms with E-state index in [0.29, 0.717) is 11.8 Å². The molecule has 8 heteroatoms. The van der Waals surface area contributed by atoms with Gasteiger partial charge < -0.3 is 5.32 Å². The van der Waals surface area contributed by atoms with Crippen LogP contribution in [0.1, 0.15) is 50.1 Å². The number of benzene rings is 1. The van der Waals surface area contributed by atoms with Crippen LogP contribution in [0.4, 0.5) is 0 Å². The lowest BCUT2D eigenvalue weighted by Gasteiger charge is -2.22. The van der Waals surface area contributed by atoms with Crippen LogP contribution in [0.25, 0.3) is 0 Å². The van der Waals surface area contributed by atoms with Gasteiger partial charge in [0.25, 0.3) is 0 Å². The third kappa shape index (κ3) is 5.11. The number of nitrogens with one attached hydrogen (secondary N) is 1. The van der Waals surface area contributed by atoms with Crippen LogP contribution in [0, 0.1) is 0 Å². The van der Waals surface area contributed by atoms with Gasteiger partial charge >= 0.3 is 0 Å². The Labute approximate surface area is 170 Å². The number of amides is 1. The first kappa shape index (κ1) is 19.4. The molecule has 1 atom stereocenters. The Kier molecular flexibility index (Phi) is 6.59. The first-order valence-electron chi connectivity index (χ1n) is 10.2. The largest absolute Gasteiger partial charge is 0.351 e. The number of hydrogen-bond acceptors (Lipinski definition) is 6. The van der Waals surface area contributed by atoms with Crippen LogP contribution < -0.4 is 5.32 Å². The number of tetrazole rings is 1. The minimum atomic E-state index is 0.0646. The summed E-state index contributed by atoms with van der Waals surface area (Å²) >= 11 is 1.44. The van der Waals surface area contributed by atoms with Crippen molar-refractivity contribution in [2.45, 2.75) is 62.3 Å². The van der Waals surface area contributed by atoms with E-state index in [1.807, 2.05) is 10.7 Å². The highest BCUT2D eigenvalue weighted by atomic mass is 32.2. The third-order valence-electron chi connectivity index (χ3n) is 5.60. The van der Waals surface area contributed by atoms with Crippen LogP contribution in [0.5, 0.6) is 0 Å². The van der Waals surface area contributed by atoms with Gasteiger partial charge in [-0.05, 0) is 35.3 Å². The average Bonchev–Trinajstić information content (AvgIpc) is 3.37. The SMILES string of the molecule is O=C(CSc1nnnn1C1CCCCC1)NC1CCN(Cc2ccccc2)C1. The molecule has 1 aliphatic heterocycles. The molecule has 0 spiro atoms. The predicted octanol–water partition coefficient (Wildman–Crippen LogP) is 2.66. The highest BCUT2D eigenvalue weighted by Gasteiger charge is 2.25. The van der Waals surface area contributed by atoms with Gasteiger partial charge in [0.05, 0.1) is 11.8 Å². The van der Waals surface area contributed by atoms with Crippen molar-refractivity contribution in [2.24, 2.45) is 0 Å². The van der Waals surface area contributed by atoms with Crippen molar-refractivity contribution < 1.29 is 4.79 Å². The summed E-state index contributed by atoms with van der Waals surface area (Å²) in [5.41, 5.74) is 1.32. The number of nitrogens with zero attached hydrogens (tertiary/aromatic N) is 5. The van der Waals surface area contributed by atoms with Crippen molar-refractivity contribution in [1.82, 2.24) is 30.4 Å². The maximum atomic E-state index is 12.4. The lowest BCUT2D eigenvalue weighted by atomic mass is 9.96. The molecule has 2 aromatic rings. The van der Waals surface area contributed by atoms with Crippen LogP contribution in [-0.2, 0) is 11.3 Å². The van der Waals surface area contributed by atoms with Crippen LogP contribution in [0.15, 0.2) is 35.5 Å². The lowest BCUT2D eigenvalue weighted by molar-refractivity contribution is -0.119. The molecule has 1 aromatic heterocycles. The zero-order chi connectivity index (χ0) is 19.2. The number of rotatable bonds is 7. The van der Waals surface area contributed by atoms with Crippen molar-refractivity contribution in [2.75, 3.05) is 18.8 Å². The summed E-state index contributed by atoms with van der Waals surface area (Å²) in [6.45, 7) is 2.87. The van der Waals surface area contributed by atoms with Crippen LogP contribution in [0.2, 0.25) is 0 Å². The van der Waals surface area contributed by atoms with E-state index in [2.05, 4.69) is 50.0 Å². The summed E-state index contributed by atoms with van der Waals surface area (Å²) in [5.74, 6) is 0.428. The first-order chi connectivity index (χ1) is 13.8. The molecule has 1 saturated carbocycles.